The maximum absolute atomic E-state index is 12.9. The molecule has 5 nitrogen and oxygen atoms in total. The van der Waals surface area contributed by atoms with Crippen LogP contribution in [0.25, 0.3) is 0 Å². The fourth-order valence-corrected chi connectivity index (χ4v) is 2.93. The summed E-state index contributed by atoms with van der Waals surface area (Å²) in [6.07, 6.45) is 6.14. The summed E-state index contributed by atoms with van der Waals surface area (Å²) < 4.78 is 24.6. The Bertz CT molecular complexity index is 468. The monoisotopic (exact) mass is 279 g/mol. The molecule has 0 radical (unpaired) electrons. The van der Waals surface area contributed by atoms with Crippen molar-refractivity contribution in [3.63, 3.8) is 0 Å². The molecule has 108 valence electrons. The molecule has 2 aliphatic heterocycles. The molecule has 2 aliphatic rings. The number of rotatable bonds is 4. The van der Waals surface area contributed by atoms with Crippen LogP contribution in [-0.4, -0.2) is 48.0 Å². The van der Waals surface area contributed by atoms with Crippen molar-refractivity contribution in [1.29, 1.82) is 0 Å². The summed E-state index contributed by atoms with van der Waals surface area (Å²) in [5, 5.41) is 0. The largest absolute Gasteiger partial charge is 0.373 e. The topological polar surface area (TPSA) is 47.5 Å². The Morgan fingerprint density at radius 1 is 1.50 bits per heavy atom. The van der Waals surface area contributed by atoms with Gasteiger partial charge in [-0.05, 0) is 12.8 Å². The third-order valence-corrected chi connectivity index (χ3v) is 3.77. The molecular weight excluding hydrogens is 261 g/mol. The van der Waals surface area contributed by atoms with E-state index >= 15 is 0 Å². The molecule has 0 bridgehead atoms. The van der Waals surface area contributed by atoms with Crippen LogP contribution >= 0.6 is 0 Å². The highest BCUT2D eigenvalue weighted by atomic mass is 19.1. The Hall–Kier alpha value is -1.53. The van der Waals surface area contributed by atoms with Crippen molar-refractivity contribution < 1.29 is 13.9 Å². The minimum atomic E-state index is -0.427. The van der Waals surface area contributed by atoms with Crippen LogP contribution in [0.5, 0.6) is 0 Å². The Balaban J connectivity index is 1.80. The van der Waals surface area contributed by atoms with Gasteiger partial charge in [-0.1, -0.05) is 6.08 Å². The van der Waals surface area contributed by atoms with Crippen LogP contribution in [0.15, 0.2) is 25.0 Å². The lowest BCUT2D eigenvalue weighted by molar-refractivity contribution is -0.0671. The molecule has 2 saturated heterocycles. The van der Waals surface area contributed by atoms with E-state index in [1.165, 1.54) is 12.4 Å². The average Bonchev–Trinajstić information content (AvgIpc) is 2.85. The molecule has 2 fully saturated rings. The van der Waals surface area contributed by atoms with Gasteiger partial charge in [-0.3, -0.25) is 0 Å². The van der Waals surface area contributed by atoms with E-state index in [4.69, 9.17) is 9.47 Å². The SMILES string of the molecule is C=CCO[C@H]1CN(c2ncc(F)cn2)[C@@H]2CCCO[C@H]12. The Morgan fingerprint density at radius 3 is 3.05 bits per heavy atom. The summed E-state index contributed by atoms with van der Waals surface area (Å²) in [6.45, 7) is 5.58. The zero-order valence-electron chi connectivity index (χ0n) is 11.2. The molecule has 1 aromatic heterocycles. The van der Waals surface area contributed by atoms with E-state index in [0.29, 0.717) is 19.1 Å². The van der Waals surface area contributed by atoms with Gasteiger partial charge in [-0.15, -0.1) is 6.58 Å². The Morgan fingerprint density at radius 2 is 2.30 bits per heavy atom. The standard InChI is InChI=1S/C14H18FN3O2/c1-2-5-19-12-9-18(11-4-3-6-20-13(11)12)14-16-7-10(15)8-17-14/h2,7-8,11-13H,1,3-6,9H2/t11-,12+,13+/m1/s1. The van der Waals surface area contributed by atoms with E-state index in [1.807, 2.05) is 0 Å². The van der Waals surface area contributed by atoms with Gasteiger partial charge in [-0.2, -0.15) is 0 Å². The molecule has 0 saturated carbocycles. The predicted octanol–water partition coefficient (Wildman–Crippen LogP) is 1.55. The zero-order valence-corrected chi connectivity index (χ0v) is 11.2. The van der Waals surface area contributed by atoms with Crippen molar-refractivity contribution >= 4 is 5.95 Å². The summed E-state index contributed by atoms with van der Waals surface area (Å²) in [4.78, 5) is 10.2. The van der Waals surface area contributed by atoms with Crippen molar-refractivity contribution in [3.8, 4) is 0 Å². The van der Waals surface area contributed by atoms with E-state index in [2.05, 4.69) is 21.4 Å². The van der Waals surface area contributed by atoms with Crippen molar-refractivity contribution in [1.82, 2.24) is 9.97 Å². The number of anilines is 1. The second kappa shape index (κ2) is 5.85. The molecule has 6 heteroatoms. The predicted molar refractivity (Wildman–Crippen MR) is 72.0 cm³/mol. The molecule has 20 heavy (non-hydrogen) atoms. The van der Waals surface area contributed by atoms with Gasteiger partial charge in [0.25, 0.3) is 0 Å². The molecule has 0 N–H and O–H groups in total. The molecule has 3 atom stereocenters. The molecule has 3 rings (SSSR count). The minimum absolute atomic E-state index is 0.0213. The molecule has 0 aromatic carbocycles. The number of hydrogen-bond acceptors (Lipinski definition) is 5. The van der Waals surface area contributed by atoms with Crippen LogP contribution in [0.2, 0.25) is 0 Å². The third-order valence-electron chi connectivity index (χ3n) is 3.77. The lowest BCUT2D eigenvalue weighted by Gasteiger charge is -2.32. The van der Waals surface area contributed by atoms with E-state index in [9.17, 15) is 4.39 Å². The first-order valence-corrected chi connectivity index (χ1v) is 6.88. The van der Waals surface area contributed by atoms with E-state index < -0.39 is 5.82 Å². The normalized spacial score (nSPS) is 29.2. The van der Waals surface area contributed by atoms with Gasteiger partial charge < -0.3 is 14.4 Å². The van der Waals surface area contributed by atoms with Gasteiger partial charge in [0.05, 0.1) is 31.6 Å². The van der Waals surface area contributed by atoms with Crippen molar-refractivity contribution in [2.45, 2.75) is 31.1 Å². The first kappa shape index (κ1) is 13.5. The maximum Gasteiger partial charge on any atom is 0.225 e. The van der Waals surface area contributed by atoms with Crippen molar-refractivity contribution in [2.75, 3.05) is 24.7 Å². The van der Waals surface area contributed by atoms with E-state index in [-0.39, 0.29) is 18.2 Å². The fraction of sp³-hybridized carbons (Fsp3) is 0.571. The number of nitrogens with zero attached hydrogens (tertiary/aromatic N) is 3. The van der Waals surface area contributed by atoms with Gasteiger partial charge in [0.1, 0.15) is 12.2 Å². The lowest BCUT2D eigenvalue weighted by Crippen LogP contribution is -2.42. The van der Waals surface area contributed by atoms with Crippen LogP contribution in [0.4, 0.5) is 10.3 Å². The van der Waals surface area contributed by atoms with Gasteiger partial charge >= 0.3 is 0 Å². The molecule has 3 heterocycles. The smallest absolute Gasteiger partial charge is 0.225 e. The molecule has 0 aliphatic carbocycles. The first-order valence-electron chi connectivity index (χ1n) is 6.88. The van der Waals surface area contributed by atoms with Gasteiger partial charge in [-0.25, -0.2) is 14.4 Å². The Labute approximate surface area is 117 Å². The summed E-state index contributed by atoms with van der Waals surface area (Å²) in [5.41, 5.74) is 0. The van der Waals surface area contributed by atoms with Crippen LogP contribution in [0, 0.1) is 5.82 Å². The molecule has 0 spiro atoms. The highest BCUT2D eigenvalue weighted by molar-refractivity contribution is 5.35. The maximum atomic E-state index is 12.9. The van der Waals surface area contributed by atoms with Crippen molar-refractivity contribution in [2.24, 2.45) is 0 Å². The number of aromatic nitrogens is 2. The summed E-state index contributed by atoms with van der Waals surface area (Å²) >= 11 is 0. The second-order valence-corrected chi connectivity index (χ2v) is 5.06. The third kappa shape index (κ3) is 2.53. The van der Waals surface area contributed by atoms with Gasteiger partial charge in [0.15, 0.2) is 5.82 Å². The quantitative estimate of drug-likeness (QED) is 0.783. The molecule has 0 amide bonds. The van der Waals surface area contributed by atoms with Gasteiger partial charge in [0, 0.05) is 6.61 Å². The first-order chi connectivity index (χ1) is 9.79. The van der Waals surface area contributed by atoms with Crippen molar-refractivity contribution in [3.05, 3.63) is 30.9 Å². The number of hydrogen-bond donors (Lipinski definition) is 0. The molecule has 1 aromatic rings. The van der Waals surface area contributed by atoms with E-state index in [0.717, 1.165) is 19.4 Å². The van der Waals surface area contributed by atoms with Crippen LogP contribution in [0.3, 0.4) is 0 Å². The van der Waals surface area contributed by atoms with Gasteiger partial charge in [0.2, 0.25) is 5.95 Å². The number of fused-ring (bicyclic) bond motifs is 1. The summed E-state index contributed by atoms with van der Waals surface area (Å²) in [7, 11) is 0. The number of halogens is 1. The van der Waals surface area contributed by atoms with Crippen LogP contribution < -0.4 is 4.90 Å². The summed E-state index contributed by atoms with van der Waals surface area (Å²) in [5.74, 6) is 0.112. The zero-order chi connectivity index (χ0) is 13.9. The molecule has 0 unspecified atom stereocenters. The van der Waals surface area contributed by atoms with Crippen LogP contribution in [-0.2, 0) is 9.47 Å². The van der Waals surface area contributed by atoms with Crippen LogP contribution in [0.1, 0.15) is 12.8 Å². The molecular formula is C14H18FN3O2. The Kier molecular flexibility index (Phi) is 3.93. The second-order valence-electron chi connectivity index (χ2n) is 5.06. The summed E-state index contributed by atoms with van der Waals surface area (Å²) in [6, 6.07) is 0.198. The lowest BCUT2D eigenvalue weighted by atomic mass is 10.0. The fourth-order valence-electron chi connectivity index (χ4n) is 2.93. The number of ether oxygens (including phenoxy) is 2. The highest BCUT2D eigenvalue weighted by Gasteiger charge is 2.45. The highest BCUT2D eigenvalue weighted by Crippen LogP contribution is 2.32. The van der Waals surface area contributed by atoms with E-state index in [1.54, 1.807) is 6.08 Å². The minimum Gasteiger partial charge on any atom is -0.373 e. The average molecular weight is 279 g/mol.